The van der Waals surface area contributed by atoms with E-state index in [2.05, 4.69) is 37.6 Å². The van der Waals surface area contributed by atoms with Crippen LogP contribution in [0.3, 0.4) is 0 Å². The van der Waals surface area contributed by atoms with E-state index in [1.54, 1.807) is 0 Å². The predicted molar refractivity (Wildman–Crippen MR) is 74.4 cm³/mol. The summed E-state index contributed by atoms with van der Waals surface area (Å²) in [5, 5.41) is 0. The lowest BCUT2D eigenvalue weighted by molar-refractivity contribution is -0.137. The van der Waals surface area contributed by atoms with E-state index in [0.29, 0.717) is 11.3 Å². The van der Waals surface area contributed by atoms with Crippen LogP contribution in [0.4, 0.5) is 0 Å². The van der Waals surface area contributed by atoms with Crippen molar-refractivity contribution in [2.24, 2.45) is 11.3 Å². The van der Waals surface area contributed by atoms with Crippen LogP contribution in [0.25, 0.3) is 0 Å². The third kappa shape index (κ3) is 2.87. The second kappa shape index (κ2) is 5.20. The fourth-order valence-corrected chi connectivity index (χ4v) is 3.40. The largest absolute Gasteiger partial charge is 0.341 e. The van der Waals surface area contributed by atoms with Gasteiger partial charge in [-0.2, -0.15) is 0 Å². The predicted octanol–water partition coefficient (Wildman–Crippen LogP) is 2.37. The first kappa shape index (κ1) is 13.9. The number of hydrogen-bond donors (Lipinski definition) is 0. The van der Waals surface area contributed by atoms with E-state index >= 15 is 0 Å². The molecule has 2 saturated heterocycles. The summed E-state index contributed by atoms with van der Waals surface area (Å²) >= 11 is 0. The summed E-state index contributed by atoms with van der Waals surface area (Å²) in [6.45, 7) is 9.96. The number of nitrogens with zero attached hydrogens (tertiary/aromatic N) is 2. The molecule has 1 amide bonds. The fraction of sp³-hybridized carbons (Fsp3) is 0.933. The number of piperidine rings is 1. The molecule has 3 heteroatoms. The molecular formula is C15H28N2O. The van der Waals surface area contributed by atoms with Gasteiger partial charge in [-0.1, -0.05) is 20.8 Å². The smallest absolute Gasteiger partial charge is 0.239 e. The normalized spacial score (nSPS) is 27.8. The molecule has 1 atom stereocenters. The van der Waals surface area contributed by atoms with Crippen LogP contribution in [-0.2, 0) is 4.79 Å². The summed E-state index contributed by atoms with van der Waals surface area (Å²) in [5.41, 5.74) is 0.388. The SMILES string of the molecule is CN1CCC[C@H]1C(=O)N1CCC(C(C)(C)C)CC1. The molecule has 0 aliphatic carbocycles. The van der Waals surface area contributed by atoms with Crippen LogP contribution in [0.2, 0.25) is 0 Å². The number of likely N-dealkylation sites (tertiary alicyclic amines) is 2. The standard InChI is InChI=1S/C15H28N2O/c1-15(2,3)12-7-10-17(11-8-12)14(18)13-6-5-9-16(13)4/h12-13H,5-11H2,1-4H3/t13-/m0/s1. The maximum atomic E-state index is 12.5. The van der Waals surface area contributed by atoms with E-state index in [0.717, 1.165) is 32.0 Å². The van der Waals surface area contributed by atoms with Crippen LogP contribution >= 0.6 is 0 Å². The monoisotopic (exact) mass is 252 g/mol. The van der Waals surface area contributed by atoms with Gasteiger partial charge in [0, 0.05) is 13.1 Å². The summed E-state index contributed by atoms with van der Waals surface area (Å²) in [7, 11) is 2.08. The van der Waals surface area contributed by atoms with E-state index in [-0.39, 0.29) is 6.04 Å². The molecule has 2 aliphatic heterocycles. The van der Waals surface area contributed by atoms with Gasteiger partial charge >= 0.3 is 0 Å². The average Bonchev–Trinajstić information content (AvgIpc) is 2.73. The molecule has 18 heavy (non-hydrogen) atoms. The Morgan fingerprint density at radius 3 is 2.11 bits per heavy atom. The Balaban J connectivity index is 1.88. The molecule has 0 aromatic rings. The van der Waals surface area contributed by atoms with Crippen molar-refractivity contribution < 1.29 is 4.79 Å². The molecule has 0 aromatic heterocycles. The van der Waals surface area contributed by atoms with Crippen LogP contribution in [0, 0.1) is 11.3 Å². The Bertz CT molecular complexity index is 300. The van der Waals surface area contributed by atoms with E-state index in [4.69, 9.17) is 0 Å². The Kier molecular flexibility index (Phi) is 4.00. The highest BCUT2D eigenvalue weighted by Crippen LogP contribution is 2.34. The van der Waals surface area contributed by atoms with Crippen LogP contribution in [0.5, 0.6) is 0 Å². The lowest BCUT2D eigenvalue weighted by Crippen LogP contribution is -2.48. The van der Waals surface area contributed by atoms with Gasteiger partial charge in [0.25, 0.3) is 0 Å². The van der Waals surface area contributed by atoms with Crippen LogP contribution in [0.1, 0.15) is 46.5 Å². The average molecular weight is 252 g/mol. The number of carbonyl (C=O) groups is 1. The second-order valence-electron chi connectivity index (χ2n) is 7.10. The van der Waals surface area contributed by atoms with E-state index in [9.17, 15) is 4.79 Å². The molecular weight excluding hydrogens is 224 g/mol. The molecule has 0 unspecified atom stereocenters. The Morgan fingerprint density at radius 1 is 1.06 bits per heavy atom. The third-order valence-corrected chi connectivity index (χ3v) is 4.84. The first-order chi connectivity index (χ1) is 8.39. The summed E-state index contributed by atoms with van der Waals surface area (Å²) < 4.78 is 0. The highest BCUT2D eigenvalue weighted by molar-refractivity contribution is 5.82. The molecule has 2 fully saturated rings. The minimum absolute atomic E-state index is 0.163. The maximum Gasteiger partial charge on any atom is 0.239 e. The zero-order valence-corrected chi connectivity index (χ0v) is 12.4. The molecule has 3 nitrogen and oxygen atoms in total. The Labute approximate surface area is 112 Å². The van der Waals surface area contributed by atoms with Gasteiger partial charge in [-0.3, -0.25) is 9.69 Å². The lowest BCUT2D eigenvalue weighted by atomic mass is 9.75. The van der Waals surface area contributed by atoms with Gasteiger partial charge in [-0.25, -0.2) is 0 Å². The molecule has 2 aliphatic rings. The molecule has 0 aromatic carbocycles. The maximum absolute atomic E-state index is 12.5. The number of likely N-dealkylation sites (N-methyl/N-ethyl adjacent to an activating group) is 1. The number of carbonyl (C=O) groups excluding carboxylic acids is 1. The van der Waals surface area contributed by atoms with E-state index in [1.807, 2.05) is 0 Å². The molecule has 0 spiro atoms. The van der Waals surface area contributed by atoms with Crippen LogP contribution < -0.4 is 0 Å². The number of hydrogen-bond acceptors (Lipinski definition) is 2. The van der Waals surface area contributed by atoms with Gasteiger partial charge in [0.05, 0.1) is 6.04 Å². The summed E-state index contributed by atoms with van der Waals surface area (Å²) in [5.74, 6) is 1.14. The van der Waals surface area contributed by atoms with Gasteiger partial charge in [-0.15, -0.1) is 0 Å². The minimum Gasteiger partial charge on any atom is -0.341 e. The van der Waals surface area contributed by atoms with Crippen LogP contribution in [-0.4, -0.2) is 48.4 Å². The van der Waals surface area contributed by atoms with Crippen LogP contribution in [0.15, 0.2) is 0 Å². The van der Waals surface area contributed by atoms with Crippen molar-refractivity contribution in [3.63, 3.8) is 0 Å². The van der Waals surface area contributed by atoms with Crippen molar-refractivity contribution >= 4 is 5.91 Å². The van der Waals surface area contributed by atoms with Crippen molar-refractivity contribution in [3.05, 3.63) is 0 Å². The second-order valence-corrected chi connectivity index (χ2v) is 7.10. The number of amides is 1. The first-order valence-electron chi connectivity index (χ1n) is 7.38. The molecule has 0 saturated carbocycles. The van der Waals surface area contributed by atoms with Gasteiger partial charge in [0.2, 0.25) is 5.91 Å². The lowest BCUT2D eigenvalue weighted by Gasteiger charge is -2.40. The quantitative estimate of drug-likeness (QED) is 0.715. The van der Waals surface area contributed by atoms with Crippen molar-refractivity contribution in [2.45, 2.75) is 52.5 Å². The highest BCUT2D eigenvalue weighted by atomic mass is 16.2. The van der Waals surface area contributed by atoms with Gasteiger partial charge in [0.15, 0.2) is 0 Å². The minimum atomic E-state index is 0.163. The zero-order chi connectivity index (χ0) is 13.3. The van der Waals surface area contributed by atoms with Gasteiger partial charge in [-0.05, 0) is 50.6 Å². The molecule has 104 valence electrons. The fourth-order valence-electron chi connectivity index (χ4n) is 3.40. The highest BCUT2D eigenvalue weighted by Gasteiger charge is 2.35. The molecule has 0 bridgehead atoms. The van der Waals surface area contributed by atoms with E-state index in [1.165, 1.54) is 19.3 Å². The molecule has 2 heterocycles. The zero-order valence-electron chi connectivity index (χ0n) is 12.4. The van der Waals surface area contributed by atoms with E-state index < -0.39 is 0 Å². The van der Waals surface area contributed by atoms with Crippen molar-refractivity contribution in [2.75, 3.05) is 26.7 Å². The van der Waals surface area contributed by atoms with Crippen molar-refractivity contribution in [3.8, 4) is 0 Å². The Hall–Kier alpha value is -0.570. The summed E-state index contributed by atoms with van der Waals surface area (Å²) in [6.07, 6.45) is 4.57. The summed E-state index contributed by atoms with van der Waals surface area (Å²) in [6, 6.07) is 0.163. The molecule has 0 N–H and O–H groups in total. The topological polar surface area (TPSA) is 23.6 Å². The molecule has 2 rings (SSSR count). The first-order valence-corrected chi connectivity index (χ1v) is 7.38. The Morgan fingerprint density at radius 2 is 1.67 bits per heavy atom. The molecule has 0 radical (unpaired) electrons. The van der Waals surface area contributed by atoms with Gasteiger partial charge in [0.1, 0.15) is 0 Å². The summed E-state index contributed by atoms with van der Waals surface area (Å²) in [4.78, 5) is 16.8. The van der Waals surface area contributed by atoms with Gasteiger partial charge < -0.3 is 4.90 Å². The third-order valence-electron chi connectivity index (χ3n) is 4.84. The van der Waals surface area contributed by atoms with Crippen molar-refractivity contribution in [1.82, 2.24) is 9.80 Å². The van der Waals surface area contributed by atoms with Crippen molar-refractivity contribution in [1.29, 1.82) is 0 Å². The number of rotatable bonds is 1.